The molecule has 0 aromatic heterocycles. The van der Waals surface area contributed by atoms with Gasteiger partial charge >= 0.3 is 0 Å². The number of nitrogens with zero attached hydrogens (tertiary/aromatic N) is 1. The summed E-state index contributed by atoms with van der Waals surface area (Å²) in [5.74, 6) is 2.07. The Morgan fingerprint density at radius 2 is 2.05 bits per heavy atom. The van der Waals surface area contributed by atoms with Crippen molar-refractivity contribution in [2.75, 3.05) is 18.5 Å². The number of para-hydroxylation sites is 1. The third-order valence-electron chi connectivity index (χ3n) is 5.47. The molecule has 1 aromatic rings. The first-order valence-electron chi connectivity index (χ1n) is 8.20. The summed E-state index contributed by atoms with van der Waals surface area (Å²) >= 11 is 0. The van der Waals surface area contributed by atoms with Gasteiger partial charge in [0.15, 0.2) is 0 Å². The second kappa shape index (κ2) is 6.08. The molecule has 0 saturated heterocycles. The van der Waals surface area contributed by atoms with Crippen molar-refractivity contribution in [3.63, 3.8) is 0 Å². The number of carbonyl (C=O) groups excluding carboxylic acids is 1. The zero-order valence-electron chi connectivity index (χ0n) is 13.1. The van der Waals surface area contributed by atoms with E-state index >= 15 is 0 Å². The maximum Gasteiger partial charge on any atom is 0.223 e. The standard InChI is InChI=1S/C18H26N2O/c1-13(20(2)16-6-4-3-5-7-16)12-19-18(21)17-11-14-8-9-15(17)10-14/h3-7,13-15,17H,8-12H2,1-2H3,(H,19,21)/t13-,14-,15-,17+/m1/s1. The number of amides is 1. The van der Waals surface area contributed by atoms with Crippen LogP contribution in [0.4, 0.5) is 5.69 Å². The quantitative estimate of drug-likeness (QED) is 0.902. The molecule has 0 radical (unpaired) electrons. The van der Waals surface area contributed by atoms with Crippen molar-refractivity contribution in [3.8, 4) is 0 Å². The summed E-state index contributed by atoms with van der Waals surface area (Å²) < 4.78 is 0. The third-order valence-corrected chi connectivity index (χ3v) is 5.47. The third kappa shape index (κ3) is 3.07. The normalized spacial score (nSPS) is 28.4. The molecule has 2 aliphatic carbocycles. The number of likely N-dealkylation sites (N-methyl/N-ethyl adjacent to an activating group) is 1. The van der Waals surface area contributed by atoms with Crippen LogP contribution in [0.2, 0.25) is 0 Å². The molecule has 0 spiro atoms. The number of hydrogen-bond acceptors (Lipinski definition) is 2. The molecule has 1 amide bonds. The Bertz CT molecular complexity index is 487. The first-order chi connectivity index (χ1) is 10.1. The predicted octanol–water partition coefficient (Wildman–Crippen LogP) is 3.06. The first-order valence-corrected chi connectivity index (χ1v) is 8.20. The second-order valence-electron chi connectivity index (χ2n) is 6.82. The topological polar surface area (TPSA) is 32.3 Å². The van der Waals surface area contributed by atoms with Gasteiger partial charge in [-0.3, -0.25) is 4.79 Å². The number of benzene rings is 1. The van der Waals surface area contributed by atoms with Crippen LogP contribution in [0.5, 0.6) is 0 Å². The summed E-state index contributed by atoms with van der Waals surface area (Å²) in [5.41, 5.74) is 1.19. The fraction of sp³-hybridized carbons (Fsp3) is 0.611. The molecule has 0 unspecified atom stereocenters. The van der Waals surface area contributed by atoms with Crippen molar-refractivity contribution in [2.24, 2.45) is 17.8 Å². The molecule has 2 fully saturated rings. The van der Waals surface area contributed by atoms with Gasteiger partial charge in [0.2, 0.25) is 5.91 Å². The lowest BCUT2D eigenvalue weighted by Crippen LogP contribution is -2.43. The number of fused-ring (bicyclic) bond motifs is 2. The second-order valence-corrected chi connectivity index (χ2v) is 6.82. The van der Waals surface area contributed by atoms with Crippen molar-refractivity contribution >= 4 is 11.6 Å². The van der Waals surface area contributed by atoms with E-state index in [9.17, 15) is 4.79 Å². The average molecular weight is 286 g/mol. The number of hydrogen-bond donors (Lipinski definition) is 1. The average Bonchev–Trinajstić information content (AvgIpc) is 3.15. The lowest BCUT2D eigenvalue weighted by molar-refractivity contribution is -0.126. The van der Waals surface area contributed by atoms with Crippen molar-refractivity contribution in [3.05, 3.63) is 30.3 Å². The minimum absolute atomic E-state index is 0.288. The van der Waals surface area contributed by atoms with Gasteiger partial charge in [0.1, 0.15) is 0 Å². The lowest BCUT2D eigenvalue weighted by Gasteiger charge is -2.28. The fourth-order valence-electron chi connectivity index (χ4n) is 4.00. The molecule has 1 N–H and O–H groups in total. The molecule has 2 bridgehead atoms. The van der Waals surface area contributed by atoms with Gasteiger partial charge in [-0.15, -0.1) is 0 Å². The molecular weight excluding hydrogens is 260 g/mol. The summed E-state index contributed by atoms with van der Waals surface area (Å²) in [6.07, 6.45) is 5.03. The van der Waals surface area contributed by atoms with Crippen LogP contribution in [0.1, 0.15) is 32.6 Å². The molecule has 114 valence electrons. The molecule has 2 aliphatic rings. The van der Waals surface area contributed by atoms with Gasteiger partial charge in [0.25, 0.3) is 0 Å². The van der Waals surface area contributed by atoms with Crippen LogP contribution in [0.25, 0.3) is 0 Å². The van der Waals surface area contributed by atoms with Crippen molar-refractivity contribution in [1.82, 2.24) is 5.32 Å². The molecule has 3 heteroatoms. The molecule has 3 rings (SSSR count). The Morgan fingerprint density at radius 3 is 2.67 bits per heavy atom. The fourth-order valence-corrected chi connectivity index (χ4v) is 4.00. The van der Waals surface area contributed by atoms with Crippen molar-refractivity contribution < 1.29 is 4.79 Å². The van der Waals surface area contributed by atoms with Gasteiger partial charge in [0, 0.05) is 31.2 Å². The summed E-state index contributed by atoms with van der Waals surface area (Å²) in [4.78, 5) is 14.6. The van der Waals surface area contributed by atoms with E-state index in [1.807, 2.05) is 18.2 Å². The molecule has 0 heterocycles. The van der Waals surface area contributed by atoms with E-state index in [-0.39, 0.29) is 11.8 Å². The highest BCUT2D eigenvalue weighted by Gasteiger charge is 2.42. The SMILES string of the molecule is C[C@H](CNC(=O)[C@H]1C[C@@H]2CC[C@@H]1C2)N(C)c1ccccc1. The highest BCUT2D eigenvalue weighted by atomic mass is 16.1. The Kier molecular flexibility index (Phi) is 4.18. The van der Waals surface area contributed by atoms with Crippen molar-refractivity contribution in [2.45, 2.75) is 38.6 Å². The zero-order valence-corrected chi connectivity index (χ0v) is 13.1. The highest BCUT2D eigenvalue weighted by Crippen LogP contribution is 2.48. The van der Waals surface area contributed by atoms with Gasteiger partial charge < -0.3 is 10.2 Å². The molecule has 21 heavy (non-hydrogen) atoms. The van der Waals surface area contributed by atoms with Crippen molar-refractivity contribution in [1.29, 1.82) is 0 Å². The van der Waals surface area contributed by atoms with E-state index < -0.39 is 0 Å². The number of rotatable bonds is 5. The van der Waals surface area contributed by atoms with E-state index in [1.165, 1.54) is 24.9 Å². The number of anilines is 1. The smallest absolute Gasteiger partial charge is 0.223 e. The lowest BCUT2D eigenvalue weighted by atomic mass is 9.88. The minimum Gasteiger partial charge on any atom is -0.370 e. The molecule has 1 aromatic carbocycles. The van der Waals surface area contributed by atoms with Gasteiger partial charge in [-0.25, -0.2) is 0 Å². The van der Waals surface area contributed by atoms with Gasteiger partial charge in [-0.2, -0.15) is 0 Å². The molecule has 0 aliphatic heterocycles. The van der Waals surface area contributed by atoms with Crippen LogP contribution in [0.15, 0.2) is 30.3 Å². The number of carbonyl (C=O) groups is 1. The van der Waals surface area contributed by atoms with E-state index in [0.29, 0.717) is 12.0 Å². The minimum atomic E-state index is 0.288. The van der Waals surface area contributed by atoms with Crippen LogP contribution in [-0.4, -0.2) is 25.5 Å². The summed E-state index contributed by atoms with van der Waals surface area (Å²) in [6, 6.07) is 10.6. The van der Waals surface area contributed by atoms with Gasteiger partial charge in [-0.1, -0.05) is 24.6 Å². The molecular formula is C18H26N2O. The Balaban J connectivity index is 1.49. The number of nitrogens with one attached hydrogen (secondary N) is 1. The van der Waals surface area contributed by atoms with Gasteiger partial charge in [-0.05, 0) is 50.2 Å². The first kappa shape index (κ1) is 14.4. The maximum absolute atomic E-state index is 12.4. The predicted molar refractivity (Wildman–Crippen MR) is 86.3 cm³/mol. The van der Waals surface area contributed by atoms with Crippen LogP contribution in [0.3, 0.4) is 0 Å². The molecule has 4 atom stereocenters. The Labute approximate surface area is 127 Å². The molecule has 2 saturated carbocycles. The van der Waals surface area contributed by atoms with E-state index in [0.717, 1.165) is 18.9 Å². The van der Waals surface area contributed by atoms with Crippen LogP contribution >= 0.6 is 0 Å². The largest absolute Gasteiger partial charge is 0.370 e. The summed E-state index contributed by atoms with van der Waals surface area (Å²) in [6.45, 7) is 2.88. The van der Waals surface area contributed by atoms with Crippen LogP contribution < -0.4 is 10.2 Å². The Morgan fingerprint density at radius 1 is 1.29 bits per heavy atom. The maximum atomic E-state index is 12.4. The summed E-state index contributed by atoms with van der Waals surface area (Å²) in [5, 5.41) is 3.18. The summed E-state index contributed by atoms with van der Waals surface area (Å²) in [7, 11) is 2.09. The zero-order chi connectivity index (χ0) is 14.8. The van der Waals surface area contributed by atoms with Gasteiger partial charge in [0.05, 0.1) is 0 Å². The van der Waals surface area contributed by atoms with E-state index in [2.05, 4.69) is 36.3 Å². The Hall–Kier alpha value is -1.51. The van der Waals surface area contributed by atoms with Crippen LogP contribution in [-0.2, 0) is 4.79 Å². The monoisotopic (exact) mass is 286 g/mol. The van der Waals surface area contributed by atoms with E-state index in [4.69, 9.17) is 0 Å². The van der Waals surface area contributed by atoms with E-state index in [1.54, 1.807) is 0 Å². The molecule has 3 nitrogen and oxygen atoms in total. The van der Waals surface area contributed by atoms with Crippen LogP contribution in [0, 0.1) is 17.8 Å². The highest BCUT2D eigenvalue weighted by molar-refractivity contribution is 5.79.